The minimum Gasteiger partial charge on any atom is -0.497 e. The number of nitrogens with one attached hydrogen (secondary N) is 2. The van der Waals surface area contributed by atoms with Crippen LogP contribution in [0.2, 0.25) is 0 Å². The molecule has 0 bridgehead atoms. The van der Waals surface area contributed by atoms with E-state index >= 15 is 0 Å². The van der Waals surface area contributed by atoms with Crippen LogP contribution in [0.25, 0.3) is 0 Å². The molecule has 2 N–H and O–H groups in total. The summed E-state index contributed by atoms with van der Waals surface area (Å²) in [5.74, 6) is 0.722. The summed E-state index contributed by atoms with van der Waals surface area (Å²) >= 11 is 1.40. The third-order valence-corrected chi connectivity index (χ3v) is 7.03. The molecule has 0 spiro atoms. The highest BCUT2D eigenvalue weighted by molar-refractivity contribution is 7.88. The Morgan fingerprint density at radius 1 is 1.17 bits per heavy atom. The number of thiophene rings is 1. The number of benzene rings is 1. The summed E-state index contributed by atoms with van der Waals surface area (Å²) in [6, 6.07) is 11.8. The molecule has 0 saturated carbocycles. The SMILES string of the molecule is COc1ccc(C(CNC(=O)c2ccc(CCNS(C)(=O)=O)s2)N2CCCC2)cc1. The van der Waals surface area contributed by atoms with Gasteiger partial charge in [0.15, 0.2) is 0 Å². The number of rotatable bonds is 10. The van der Waals surface area contributed by atoms with Gasteiger partial charge in [-0.2, -0.15) is 0 Å². The monoisotopic (exact) mass is 451 g/mol. The van der Waals surface area contributed by atoms with Gasteiger partial charge in [0.05, 0.1) is 24.3 Å². The maximum atomic E-state index is 12.7. The van der Waals surface area contributed by atoms with Crippen molar-refractivity contribution in [2.45, 2.75) is 25.3 Å². The Morgan fingerprint density at radius 2 is 1.87 bits per heavy atom. The first-order valence-corrected chi connectivity index (χ1v) is 12.8. The fourth-order valence-corrected chi connectivity index (χ4v) is 5.00. The fraction of sp³-hybridized carbons (Fsp3) is 0.476. The van der Waals surface area contributed by atoms with E-state index < -0.39 is 10.0 Å². The molecule has 30 heavy (non-hydrogen) atoms. The lowest BCUT2D eigenvalue weighted by Gasteiger charge is -2.28. The number of likely N-dealkylation sites (tertiary alicyclic amines) is 1. The van der Waals surface area contributed by atoms with Crippen molar-refractivity contribution in [2.24, 2.45) is 0 Å². The van der Waals surface area contributed by atoms with Gasteiger partial charge in [-0.05, 0) is 62.2 Å². The van der Waals surface area contributed by atoms with Crippen LogP contribution >= 0.6 is 11.3 Å². The van der Waals surface area contributed by atoms with Crippen LogP contribution in [0.15, 0.2) is 36.4 Å². The molecule has 0 radical (unpaired) electrons. The topological polar surface area (TPSA) is 87.7 Å². The van der Waals surface area contributed by atoms with Gasteiger partial charge < -0.3 is 10.1 Å². The van der Waals surface area contributed by atoms with Crippen LogP contribution in [0, 0.1) is 0 Å². The summed E-state index contributed by atoms with van der Waals surface area (Å²) in [6.07, 6.45) is 4.06. The highest BCUT2D eigenvalue weighted by Gasteiger charge is 2.24. The van der Waals surface area contributed by atoms with Gasteiger partial charge >= 0.3 is 0 Å². The van der Waals surface area contributed by atoms with Crippen LogP contribution < -0.4 is 14.8 Å². The average molecular weight is 452 g/mol. The summed E-state index contributed by atoms with van der Waals surface area (Å²) in [5, 5.41) is 3.08. The van der Waals surface area contributed by atoms with E-state index in [0.717, 1.165) is 35.5 Å². The number of hydrogen-bond acceptors (Lipinski definition) is 6. The van der Waals surface area contributed by atoms with Crippen LogP contribution in [0.5, 0.6) is 5.75 Å². The van der Waals surface area contributed by atoms with E-state index in [2.05, 4.69) is 27.1 Å². The average Bonchev–Trinajstić information content (AvgIpc) is 3.40. The predicted octanol–water partition coefficient (Wildman–Crippen LogP) is 2.42. The molecule has 0 aliphatic carbocycles. The summed E-state index contributed by atoms with van der Waals surface area (Å²) in [4.78, 5) is 16.7. The number of methoxy groups -OCH3 is 1. The van der Waals surface area contributed by atoms with Gasteiger partial charge in [-0.1, -0.05) is 12.1 Å². The lowest BCUT2D eigenvalue weighted by molar-refractivity contribution is 0.0942. The normalized spacial score (nSPS) is 15.8. The summed E-state index contributed by atoms with van der Waals surface area (Å²) in [7, 11) is -1.55. The Hall–Kier alpha value is -1.94. The maximum Gasteiger partial charge on any atom is 0.261 e. The zero-order valence-electron chi connectivity index (χ0n) is 17.4. The first-order valence-electron chi connectivity index (χ1n) is 10.1. The van der Waals surface area contributed by atoms with Crippen LogP contribution in [0.4, 0.5) is 0 Å². The molecule has 1 saturated heterocycles. The molecule has 1 atom stereocenters. The second kappa shape index (κ2) is 10.4. The van der Waals surface area contributed by atoms with Crippen LogP contribution in [0.1, 0.15) is 39.0 Å². The molecule has 1 aromatic carbocycles. The number of ether oxygens (including phenoxy) is 1. The van der Waals surface area contributed by atoms with E-state index in [-0.39, 0.29) is 11.9 Å². The first kappa shape index (κ1) is 22.7. The highest BCUT2D eigenvalue weighted by Crippen LogP contribution is 2.26. The van der Waals surface area contributed by atoms with E-state index in [1.807, 2.05) is 18.2 Å². The molecule has 1 unspecified atom stereocenters. The van der Waals surface area contributed by atoms with E-state index in [0.29, 0.717) is 24.4 Å². The molecule has 164 valence electrons. The molecular weight excluding hydrogens is 422 g/mol. The van der Waals surface area contributed by atoms with Crippen molar-refractivity contribution in [3.8, 4) is 5.75 Å². The molecule has 1 aromatic heterocycles. The Morgan fingerprint density at radius 3 is 2.50 bits per heavy atom. The smallest absolute Gasteiger partial charge is 0.261 e. The molecule has 7 nitrogen and oxygen atoms in total. The van der Waals surface area contributed by atoms with Crippen molar-refractivity contribution in [3.63, 3.8) is 0 Å². The minimum absolute atomic E-state index is 0.0972. The van der Waals surface area contributed by atoms with E-state index in [1.165, 1.54) is 24.2 Å². The molecule has 2 aromatic rings. The van der Waals surface area contributed by atoms with Crippen LogP contribution in [0.3, 0.4) is 0 Å². The highest BCUT2D eigenvalue weighted by atomic mass is 32.2. The molecule has 2 heterocycles. The lowest BCUT2D eigenvalue weighted by Crippen LogP contribution is -2.36. The van der Waals surface area contributed by atoms with Crippen molar-refractivity contribution in [1.29, 1.82) is 0 Å². The van der Waals surface area contributed by atoms with E-state index in [9.17, 15) is 13.2 Å². The largest absolute Gasteiger partial charge is 0.497 e. The Bertz CT molecular complexity index is 935. The Kier molecular flexibility index (Phi) is 7.87. The molecular formula is C21H29N3O4S2. The molecule has 1 amide bonds. The van der Waals surface area contributed by atoms with Gasteiger partial charge in [0.1, 0.15) is 5.75 Å². The number of hydrogen-bond donors (Lipinski definition) is 2. The molecule has 1 aliphatic heterocycles. The van der Waals surface area contributed by atoms with Crippen molar-refractivity contribution >= 4 is 27.3 Å². The zero-order valence-corrected chi connectivity index (χ0v) is 19.0. The van der Waals surface area contributed by atoms with Crippen LogP contribution in [-0.4, -0.2) is 58.8 Å². The molecule has 3 rings (SSSR count). The van der Waals surface area contributed by atoms with Gasteiger partial charge in [0.2, 0.25) is 10.0 Å². The molecule has 9 heteroatoms. The number of amides is 1. The molecule has 1 aliphatic rings. The van der Waals surface area contributed by atoms with Gasteiger partial charge in [0.25, 0.3) is 5.91 Å². The van der Waals surface area contributed by atoms with Gasteiger partial charge in [-0.3, -0.25) is 9.69 Å². The quantitative estimate of drug-likeness (QED) is 0.579. The van der Waals surface area contributed by atoms with Crippen molar-refractivity contribution in [3.05, 3.63) is 51.7 Å². The number of nitrogens with zero attached hydrogens (tertiary/aromatic N) is 1. The summed E-state index contributed by atoms with van der Waals surface area (Å²) in [6.45, 7) is 2.93. The Balaban J connectivity index is 1.60. The predicted molar refractivity (Wildman–Crippen MR) is 120 cm³/mol. The standard InChI is InChI=1S/C21H29N3O4S2/c1-28-17-7-5-16(6-8-17)19(24-13-3-4-14-24)15-22-21(25)20-10-9-18(29-20)11-12-23-30(2,26)27/h5-10,19,23H,3-4,11-15H2,1-2H3,(H,22,25). The zero-order chi connectivity index (χ0) is 21.6. The van der Waals surface area contributed by atoms with Gasteiger partial charge in [-0.25, -0.2) is 13.1 Å². The van der Waals surface area contributed by atoms with E-state index in [4.69, 9.17) is 4.74 Å². The number of carbonyl (C=O) groups excluding carboxylic acids is 1. The second-order valence-electron chi connectivity index (χ2n) is 7.42. The summed E-state index contributed by atoms with van der Waals surface area (Å²) < 4.78 is 30.1. The third-order valence-electron chi connectivity index (χ3n) is 5.16. The van der Waals surface area contributed by atoms with Crippen LogP contribution in [-0.2, 0) is 16.4 Å². The first-order chi connectivity index (χ1) is 14.4. The fourth-order valence-electron chi connectivity index (χ4n) is 3.61. The minimum atomic E-state index is -3.20. The Labute approximate surface area is 182 Å². The maximum absolute atomic E-state index is 12.7. The third kappa shape index (κ3) is 6.53. The van der Waals surface area contributed by atoms with Crippen molar-refractivity contribution < 1.29 is 17.9 Å². The number of sulfonamides is 1. The van der Waals surface area contributed by atoms with Crippen molar-refractivity contribution in [1.82, 2.24) is 14.9 Å². The van der Waals surface area contributed by atoms with Crippen molar-refractivity contribution in [2.75, 3.05) is 39.5 Å². The summed E-state index contributed by atoms with van der Waals surface area (Å²) in [5.41, 5.74) is 1.16. The molecule has 1 fully saturated rings. The van der Waals surface area contributed by atoms with E-state index in [1.54, 1.807) is 13.2 Å². The lowest BCUT2D eigenvalue weighted by atomic mass is 10.1. The van der Waals surface area contributed by atoms with Gasteiger partial charge in [-0.15, -0.1) is 11.3 Å². The number of carbonyl (C=O) groups is 1. The second-order valence-corrected chi connectivity index (χ2v) is 10.4. The van der Waals surface area contributed by atoms with Gasteiger partial charge in [0, 0.05) is 18.0 Å².